The highest BCUT2D eigenvalue weighted by atomic mass is 16.2. The predicted molar refractivity (Wildman–Crippen MR) is 52.6 cm³/mol. The summed E-state index contributed by atoms with van der Waals surface area (Å²) in [6.45, 7) is 1.61. The van der Waals surface area contributed by atoms with E-state index in [0.717, 1.165) is 0 Å². The molecule has 0 unspecified atom stereocenters. The highest BCUT2D eigenvalue weighted by Crippen LogP contribution is 1.90. The van der Waals surface area contributed by atoms with Gasteiger partial charge in [-0.2, -0.15) is 0 Å². The van der Waals surface area contributed by atoms with E-state index < -0.39 is 0 Å². The molecule has 0 heterocycles. The summed E-state index contributed by atoms with van der Waals surface area (Å²) in [5, 5.41) is 1.57. The number of rotatable bonds is 4. The van der Waals surface area contributed by atoms with Gasteiger partial charge in [0.15, 0.2) is 6.54 Å². The quantitative estimate of drug-likeness (QED) is 0.441. The van der Waals surface area contributed by atoms with Crippen molar-refractivity contribution in [3.8, 4) is 0 Å². The van der Waals surface area contributed by atoms with Crippen LogP contribution in [0, 0.1) is 0 Å². The average Bonchev–Trinajstić information content (AvgIpc) is 1.77. The zero-order chi connectivity index (χ0) is 11.4. The van der Waals surface area contributed by atoms with Crippen LogP contribution in [0.25, 0.3) is 0 Å². The van der Waals surface area contributed by atoms with Crippen LogP contribution in [0.1, 0.15) is 6.92 Å². The minimum atomic E-state index is -0.160. The Labute approximate surface area is 84.4 Å². The smallest absolute Gasteiger partial charge is 0.284 e. The molecule has 0 aromatic rings. The Morgan fingerprint density at radius 2 is 1.79 bits per heavy atom. The van der Waals surface area contributed by atoms with Crippen molar-refractivity contribution in [2.45, 2.75) is 6.92 Å². The monoisotopic (exact) mass is 203 g/mol. The Kier molecular flexibility index (Phi) is 4.52. The molecular formula is C8H19N4O2+. The number of nitrogens with one attached hydrogen (secondary N) is 2. The highest BCUT2D eigenvalue weighted by molar-refractivity contribution is 5.77. The van der Waals surface area contributed by atoms with E-state index >= 15 is 0 Å². The molecule has 82 valence electrons. The topological polar surface area (TPSA) is 61.4 Å². The van der Waals surface area contributed by atoms with Crippen LogP contribution in [-0.4, -0.2) is 56.2 Å². The molecule has 0 atom stereocenters. The van der Waals surface area contributed by atoms with E-state index in [4.69, 9.17) is 0 Å². The molecule has 0 saturated heterocycles. The summed E-state index contributed by atoms with van der Waals surface area (Å²) >= 11 is 0. The van der Waals surface area contributed by atoms with Crippen molar-refractivity contribution in [3.63, 3.8) is 0 Å². The first-order valence-corrected chi connectivity index (χ1v) is 4.31. The highest BCUT2D eigenvalue weighted by Gasteiger charge is 2.21. The van der Waals surface area contributed by atoms with Gasteiger partial charge in [0.05, 0.1) is 14.1 Å². The Balaban J connectivity index is 4.08. The number of quaternary nitrogens is 1. The summed E-state index contributed by atoms with van der Waals surface area (Å²) in [5.41, 5.74) is 5.24. The third-order valence-electron chi connectivity index (χ3n) is 1.35. The number of likely N-dealkylation sites (N-methyl/N-ethyl adjacent to an activating group) is 1. The molecule has 0 fully saturated rings. The molecule has 0 aliphatic heterocycles. The van der Waals surface area contributed by atoms with E-state index in [1.54, 1.807) is 33.2 Å². The molecule has 0 aromatic heterocycles. The van der Waals surface area contributed by atoms with Crippen LogP contribution in [-0.2, 0) is 9.59 Å². The molecule has 6 heteroatoms. The van der Waals surface area contributed by atoms with E-state index in [-0.39, 0.29) is 23.0 Å². The van der Waals surface area contributed by atoms with E-state index in [0.29, 0.717) is 0 Å². The molecule has 0 aliphatic carbocycles. The van der Waals surface area contributed by atoms with Crippen LogP contribution in [0.4, 0.5) is 0 Å². The van der Waals surface area contributed by atoms with Gasteiger partial charge in [-0.3, -0.25) is 15.0 Å². The largest absolute Gasteiger partial charge is 0.291 e. The lowest BCUT2D eigenvalue weighted by atomic mass is 10.5. The Hall–Kier alpha value is -1.14. The van der Waals surface area contributed by atoms with Crippen molar-refractivity contribution in [2.75, 3.05) is 34.7 Å². The summed E-state index contributed by atoms with van der Waals surface area (Å²) in [5.74, 6) is -0.304. The fourth-order valence-corrected chi connectivity index (χ4v) is 1.11. The van der Waals surface area contributed by atoms with Crippen molar-refractivity contribution in [1.29, 1.82) is 0 Å². The number of amides is 2. The molecule has 0 radical (unpaired) electrons. The third-order valence-corrected chi connectivity index (χ3v) is 1.35. The summed E-state index contributed by atoms with van der Waals surface area (Å²) in [6, 6.07) is 0. The first kappa shape index (κ1) is 12.9. The number of nitrogens with zero attached hydrogens (tertiary/aromatic N) is 2. The Morgan fingerprint density at radius 1 is 1.29 bits per heavy atom. The molecule has 14 heavy (non-hydrogen) atoms. The molecular weight excluding hydrogens is 184 g/mol. The third kappa shape index (κ3) is 6.38. The second kappa shape index (κ2) is 4.92. The molecule has 0 spiro atoms. The van der Waals surface area contributed by atoms with Gasteiger partial charge in [0.25, 0.3) is 11.8 Å². The van der Waals surface area contributed by atoms with Crippen molar-refractivity contribution in [3.05, 3.63) is 0 Å². The van der Waals surface area contributed by atoms with Crippen LogP contribution in [0.15, 0.2) is 0 Å². The van der Waals surface area contributed by atoms with Crippen molar-refractivity contribution in [1.82, 2.24) is 15.9 Å². The fraction of sp³-hybridized carbons (Fsp3) is 0.750. The fourth-order valence-electron chi connectivity index (χ4n) is 1.11. The van der Waals surface area contributed by atoms with Crippen LogP contribution in [0.2, 0.25) is 0 Å². The van der Waals surface area contributed by atoms with Crippen molar-refractivity contribution in [2.24, 2.45) is 0 Å². The van der Waals surface area contributed by atoms with Crippen LogP contribution in [0.3, 0.4) is 0 Å². The standard InChI is InChI=1S/C8H18N4O2/c1-7(13)10-12(4,5)6-8(14)9-11(2)3/h6H2,1-5H3,(H-,9,10,13,14)/p+1. The lowest BCUT2D eigenvalue weighted by Gasteiger charge is -2.28. The molecule has 2 amide bonds. The van der Waals surface area contributed by atoms with Gasteiger partial charge >= 0.3 is 0 Å². The number of hydrogen-bond donors (Lipinski definition) is 2. The molecule has 6 nitrogen and oxygen atoms in total. The van der Waals surface area contributed by atoms with Crippen molar-refractivity contribution >= 4 is 11.8 Å². The zero-order valence-electron chi connectivity index (χ0n) is 9.42. The van der Waals surface area contributed by atoms with E-state index in [9.17, 15) is 9.59 Å². The minimum absolute atomic E-state index is 0.134. The van der Waals surface area contributed by atoms with Gasteiger partial charge in [-0.1, -0.05) is 0 Å². The normalized spacial score (nSPS) is 11.3. The van der Waals surface area contributed by atoms with E-state index in [2.05, 4.69) is 10.9 Å². The molecule has 0 aromatic carbocycles. The van der Waals surface area contributed by atoms with Gasteiger partial charge in [0.2, 0.25) is 0 Å². The van der Waals surface area contributed by atoms with E-state index in [1.807, 2.05) is 0 Å². The summed E-state index contributed by atoms with van der Waals surface area (Å²) in [4.78, 5) is 22.1. The maximum atomic E-state index is 11.3. The average molecular weight is 203 g/mol. The lowest BCUT2D eigenvalue weighted by molar-refractivity contribution is -0.917. The zero-order valence-corrected chi connectivity index (χ0v) is 9.42. The van der Waals surface area contributed by atoms with Crippen molar-refractivity contribution < 1.29 is 14.2 Å². The molecule has 0 saturated carbocycles. The van der Waals surface area contributed by atoms with Crippen LogP contribution >= 0.6 is 0 Å². The SMILES string of the molecule is CC(=O)N[N+](C)(C)CC(=O)NN(C)C. The van der Waals surface area contributed by atoms with Gasteiger partial charge in [0, 0.05) is 21.0 Å². The van der Waals surface area contributed by atoms with Gasteiger partial charge < -0.3 is 0 Å². The summed E-state index contributed by atoms with van der Waals surface area (Å²) in [7, 11) is 6.96. The maximum Gasteiger partial charge on any atom is 0.291 e. The summed E-state index contributed by atoms with van der Waals surface area (Å²) in [6.07, 6.45) is 0. The van der Waals surface area contributed by atoms with Gasteiger partial charge in [0.1, 0.15) is 0 Å². The van der Waals surface area contributed by atoms with Gasteiger partial charge in [-0.05, 0) is 0 Å². The predicted octanol–water partition coefficient (Wildman–Crippen LogP) is -1.29. The molecule has 0 bridgehead atoms. The maximum absolute atomic E-state index is 11.3. The van der Waals surface area contributed by atoms with Gasteiger partial charge in [-0.25, -0.2) is 15.0 Å². The first-order valence-electron chi connectivity index (χ1n) is 4.31. The number of hydrazine groups is 1. The summed E-state index contributed by atoms with van der Waals surface area (Å²) < 4.78 is 0.134. The number of hydrogen-bond acceptors (Lipinski definition) is 3. The second-order valence-electron chi connectivity index (χ2n) is 3.94. The molecule has 0 aliphatic rings. The van der Waals surface area contributed by atoms with Crippen LogP contribution in [0.5, 0.6) is 0 Å². The minimum Gasteiger partial charge on any atom is -0.284 e. The molecule has 0 rings (SSSR count). The first-order chi connectivity index (χ1) is 6.23. The number of carbonyl (C=O) groups excluding carboxylic acids is 2. The van der Waals surface area contributed by atoms with Crippen LogP contribution < -0.4 is 10.9 Å². The Morgan fingerprint density at radius 3 is 2.14 bits per heavy atom. The Bertz CT molecular complexity index is 225. The lowest BCUT2D eigenvalue weighted by Crippen LogP contribution is -2.58. The second-order valence-corrected chi connectivity index (χ2v) is 3.94. The van der Waals surface area contributed by atoms with Gasteiger partial charge in [-0.15, -0.1) is 0 Å². The molecule has 2 N–H and O–H groups in total. The number of carbonyl (C=O) groups is 2. The van der Waals surface area contributed by atoms with E-state index in [1.165, 1.54) is 6.92 Å².